The Bertz CT molecular complexity index is 1260. The SMILES string of the molecule is CNC(=O)Nc1ccc2c(c1)CC[C@@]21OC(=O)N(CC(=O)N(Cc2ccc(F)cc2)C2CCNCC2)C1=O. The number of benzene rings is 2. The fraction of sp³-hybridized carbons (Fsp3) is 0.407. The van der Waals surface area contributed by atoms with Crippen molar-refractivity contribution in [2.24, 2.45) is 0 Å². The van der Waals surface area contributed by atoms with Crippen LogP contribution in [0.4, 0.5) is 19.7 Å². The third-order valence-corrected chi connectivity index (χ3v) is 7.47. The highest BCUT2D eigenvalue weighted by atomic mass is 19.1. The summed E-state index contributed by atoms with van der Waals surface area (Å²) in [6.07, 6.45) is 1.35. The third-order valence-electron chi connectivity index (χ3n) is 7.47. The van der Waals surface area contributed by atoms with E-state index in [2.05, 4.69) is 16.0 Å². The van der Waals surface area contributed by atoms with E-state index in [0.29, 0.717) is 17.7 Å². The molecular formula is C27H30FN5O5. The zero-order valence-electron chi connectivity index (χ0n) is 21.1. The van der Waals surface area contributed by atoms with Crippen molar-refractivity contribution in [2.45, 2.75) is 43.9 Å². The first kappa shape index (κ1) is 25.7. The molecule has 2 saturated heterocycles. The normalized spacial score (nSPS) is 20.8. The van der Waals surface area contributed by atoms with Crippen molar-refractivity contribution in [1.29, 1.82) is 0 Å². The molecule has 38 heavy (non-hydrogen) atoms. The van der Waals surface area contributed by atoms with Crippen LogP contribution in [0.3, 0.4) is 0 Å². The van der Waals surface area contributed by atoms with Gasteiger partial charge in [0.2, 0.25) is 11.5 Å². The lowest BCUT2D eigenvalue weighted by molar-refractivity contribution is -0.143. The maximum atomic E-state index is 13.6. The minimum Gasteiger partial charge on any atom is -0.427 e. The van der Waals surface area contributed by atoms with Gasteiger partial charge in [-0.25, -0.2) is 18.9 Å². The molecule has 10 nitrogen and oxygen atoms in total. The molecule has 0 unspecified atom stereocenters. The topological polar surface area (TPSA) is 120 Å². The Hall–Kier alpha value is -3.99. The number of carbonyl (C=O) groups excluding carboxylic acids is 4. The smallest absolute Gasteiger partial charge is 0.418 e. The fourth-order valence-corrected chi connectivity index (χ4v) is 5.48. The Morgan fingerprint density at radius 3 is 2.61 bits per heavy atom. The summed E-state index contributed by atoms with van der Waals surface area (Å²) in [6.45, 7) is 1.31. The Morgan fingerprint density at radius 2 is 1.89 bits per heavy atom. The molecular weight excluding hydrogens is 493 g/mol. The van der Waals surface area contributed by atoms with Crippen LogP contribution in [-0.2, 0) is 32.9 Å². The first-order valence-corrected chi connectivity index (χ1v) is 12.7. The number of aryl methyl sites for hydroxylation is 1. The van der Waals surface area contributed by atoms with E-state index in [1.165, 1.54) is 19.2 Å². The molecule has 3 N–H and O–H groups in total. The highest BCUT2D eigenvalue weighted by Gasteiger charge is 2.58. The summed E-state index contributed by atoms with van der Waals surface area (Å²) in [7, 11) is 1.51. The second-order valence-corrected chi connectivity index (χ2v) is 9.79. The highest BCUT2D eigenvalue weighted by molar-refractivity contribution is 6.06. The predicted molar refractivity (Wildman–Crippen MR) is 136 cm³/mol. The molecule has 0 saturated carbocycles. The zero-order valence-corrected chi connectivity index (χ0v) is 21.1. The lowest BCUT2D eigenvalue weighted by atomic mass is 9.94. The van der Waals surface area contributed by atoms with Crippen molar-refractivity contribution in [3.8, 4) is 0 Å². The van der Waals surface area contributed by atoms with Crippen LogP contribution in [0.15, 0.2) is 42.5 Å². The average molecular weight is 524 g/mol. The molecule has 0 radical (unpaired) electrons. The van der Waals surface area contributed by atoms with E-state index in [1.807, 2.05) is 0 Å². The van der Waals surface area contributed by atoms with Gasteiger partial charge >= 0.3 is 12.1 Å². The predicted octanol–water partition coefficient (Wildman–Crippen LogP) is 2.48. The van der Waals surface area contributed by atoms with Gasteiger partial charge in [-0.3, -0.25) is 9.59 Å². The molecule has 1 aliphatic carbocycles. The first-order valence-electron chi connectivity index (χ1n) is 12.7. The van der Waals surface area contributed by atoms with E-state index < -0.39 is 24.1 Å². The van der Waals surface area contributed by atoms with Gasteiger partial charge in [0, 0.05) is 37.3 Å². The monoisotopic (exact) mass is 523 g/mol. The minimum atomic E-state index is -1.48. The number of ether oxygens (including phenoxy) is 1. The Kier molecular flexibility index (Phi) is 7.02. The van der Waals surface area contributed by atoms with Crippen LogP contribution in [0.25, 0.3) is 0 Å². The lowest BCUT2D eigenvalue weighted by Gasteiger charge is -2.35. The van der Waals surface area contributed by atoms with Crippen LogP contribution in [0.1, 0.15) is 36.0 Å². The molecule has 2 heterocycles. The number of imide groups is 1. The molecule has 11 heteroatoms. The lowest BCUT2D eigenvalue weighted by Crippen LogP contribution is -2.50. The van der Waals surface area contributed by atoms with Gasteiger partial charge in [-0.2, -0.15) is 0 Å². The second-order valence-electron chi connectivity index (χ2n) is 9.79. The van der Waals surface area contributed by atoms with Crippen LogP contribution in [0, 0.1) is 5.82 Å². The minimum absolute atomic E-state index is 0.0741. The number of anilines is 1. The number of halogens is 1. The quantitative estimate of drug-likeness (QED) is 0.535. The molecule has 2 aromatic rings. The summed E-state index contributed by atoms with van der Waals surface area (Å²) in [5.41, 5.74) is 1.20. The summed E-state index contributed by atoms with van der Waals surface area (Å²) in [4.78, 5) is 54.4. The van der Waals surface area contributed by atoms with Crippen LogP contribution >= 0.6 is 0 Å². The average Bonchev–Trinajstić information content (AvgIpc) is 3.40. The summed E-state index contributed by atoms with van der Waals surface area (Å²) >= 11 is 0. The van der Waals surface area contributed by atoms with Crippen molar-refractivity contribution in [3.63, 3.8) is 0 Å². The van der Waals surface area contributed by atoms with Gasteiger partial charge in [-0.05, 0) is 67.7 Å². The number of amides is 5. The van der Waals surface area contributed by atoms with Gasteiger partial charge in [0.05, 0.1) is 0 Å². The Labute approximate surface area is 219 Å². The summed E-state index contributed by atoms with van der Waals surface area (Å²) in [5.74, 6) is -1.29. The number of rotatable bonds is 6. The third kappa shape index (κ3) is 4.81. The fourth-order valence-electron chi connectivity index (χ4n) is 5.48. The maximum Gasteiger partial charge on any atom is 0.418 e. The standard InChI is InChI=1S/C27H30FN5O5/c1-29-25(36)31-20-6-7-22-18(14-20)8-11-27(22)24(35)33(26(37)38-27)16-23(34)32(21-9-12-30-13-10-21)15-17-2-4-19(28)5-3-17/h2-7,14,21,30H,8-13,15-16H2,1H3,(H2,29,31,36)/t27-/m1/s1. The molecule has 2 aliphatic heterocycles. The molecule has 0 bridgehead atoms. The van der Waals surface area contributed by atoms with Gasteiger partial charge in [-0.1, -0.05) is 18.2 Å². The Balaban J connectivity index is 1.35. The molecule has 200 valence electrons. The van der Waals surface area contributed by atoms with E-state index in [0.717, 1.165) is 42.0 Å². The summed E-state index contributed by atoms with van der Waals surface area (Å²) in [5, 5.41) is 8.45. The van der Waals surface area contributed by atoms with Gasteiger partial charge < -0.3 is 25.6 Å². The first-order chi connectivity index (χ1) is 18.3. The largest absolute Gasteiger partial charge is 0.427 e. The number of piperidine rings is 1. The van der Waals surface area contributed by atoms with Crippen LogP contribution < -0.4 is 16.0 Å². The van der Waals surface area contributed by atoms with E-state index in [4.69, 9.17) is 4.74 Å². The van der Waals surface area contributed by atoms with Gasteiger partial charge in [0.25, 0.3) is 5.91 Å². The van der Waals surface area contributed by atoms with Crippen molar-refractivity contribution < 1.29 is 28.3 Å². The number of carbonyl (C=O) groups is 4. The molecule has 3 aliphatic rings. The number of hydrogen-bond acceptors (Lipinski definition) is 6. The van der Waals surface area contributed by atoms with Crippen LogP contribution in [0.2, 0.25) is 0 Å². The highest BCUT2D eigenvalue weighted by Crippen LogP contribution is 2.46. The van der Waals surface area contributed by atoms with Crippen molar-refractivity contribution >= 4 is 29.6 Å². The molecule has 5 amide bonds. The van der Waals surface area contributed by atoms with Crippen molar-refractivity contribution in [2.75, 3.05) is 32.0 Å². The van der Waals surface area contributed by atoms with E-state index in [1.54, 1.807) is 35.2 Å². The van der Waals surface area contributed by atoms with E-state index in [-0.39, 0.29) is 36.8 Å². The summed E-state index contributed by atoms with van der Waals surface area (Å²) < 4.78 is 19.1. The Morgan fingerprint density at radius 1 is 1.16 bits per heavy atom. The van der Waals surface area contributed by atoms with E-state index >= 15 is 0 Å². The molecule has 0 aromatic heterocycles. The molecule has 2 fully saturated rings. The molecule has 1 spiro atoms. The number of urea groups is 1. The van der Waals surface area contributed by atoms with Gasteiger partial charge in [0.15, 0.2) is 0 Å². The van der Waals surface area contributed by atoms with Crippen molar-refractivity contribution in [1.82, 2.24) is 20.4 Å². The zero-order chi connectivity index (χ0) is 26.9. The van der Waals surface area contributed by atoms with Crippen LogP contribution in [0.5, 0.6) is 0 Å². The van der Waals surface area contributed by atoms with E-state index in [9.17, 15) is 23.6 Å². The van der Waals surface area contributed by atoms with Crippen LogP contribution in [-0.4, -0.2) is 66.5 Å². The molecule has 5 rings (SSSR count). The number of nitrogens with zero attached hydrogens (tertiary/aromatic N) is 2. The summed E-state index contributed by atoms with van der Waals surface area (Å²) in [6, 6.07) is 10.6. The van der Waals surface area contributed by atoms with Gasteiger partial charge in [-0.15, -0.1) is 0 Å². The number of hydrogen-bond donors (Lipinski definition) is 3. The number of nitrogens with one attached hydrogen (secondary N) is 3. The molecule has 1 atom stereocenters. The maximum absolute atomic E-state index is 13.6. The number of fused-ring (bicyclic) bond motifs is 2. The van der Waals surface area contributed by atoms with Crippen molar-refractivity contribution in [3.05, 3.63) is 65.0 Å². The van der Waals surface area contributed by atoms with Gasteiger partial charge in [0.1, 0.15) is 12.4 Å². The molecule has 2 aromatic carbocycles. The second kappa shape index (κ2) is 10.4.